The highest BCUT2D eigenvalue weighted by atomic mass is 79.9. The molecule has 102 valence electrons. The Morgan fingerprint density at radius 3 is 2.44 bits per heavy atom. The number of rotatable bonds is 4. The number of likely N-dealkylation sites (N-methyl/N-ethyl adjacent to an activating group) is 1. The lowest BCUT2D eigenvalue weighted by Crippen LogP contribution is -2.30. The molecule has 0 radical (unpaired) electrons. The number of nitrogens with zero attached hydrogens (tertiary/aromatic N) is 3. The van der Waals surface area contributed by atoms with Gasteiger partial charge in [0.1, 0.15) is 16.2 Å². The van der Waals surface area contributed by atoms with Crippen molar-refractivity contribution in [3.63, 3.8) is 0 Å². The SMILES string of the molecule is CC(CN(C)C)Nc1cc(Br)nc(C(C)(C)C)n1. The van der Waals surface area contributed by atoms with Gasteiger partial charge in [0.25, 0.3) is 0 Å². The van der Waals surface area contributed by atoms with E-state index in [0.717, 1.165) is 22.8 Å². The van der Waals surface area contributed by atoms with Crippen molar-refractivity contribution in [2.75, 3.05) is 26.0 Å². The zero-order valence-electron chi connectivity index (χ0n) is 12.1. The molecule has 1 atom stereocenters. The van der Waals surface area contributed by atoms with Gasteiger partial charge in [0.05, 0.1) is 0 Å². The molecule has 1 rings (SSSR count). The van der Waals surface area contributed by atoms with Crippen LogP contribution in [0.15, 0.2) is 10.7 Å². The molecule has 0 amide bonds. The summed E-state index contributed by atoms with van der Waals surface area (Å²) < 4.78 is 0.821. The van der Waals surface area contributed by atoms with E-state index in [0.29, 0.717) is 6.04 Å². The van der Waals surface area contributed by atoms with E-state index in [4.69, 9.17) is 0 Å². The van der Waals surface area contributed by atoms with E-state index in [9.17, 15) is 0 Å². The first-order valence-corrected chi connectivity index (χ1v) is 6.94. The fourth-order valence-corrected chi connectivity index (χ4v) is 2.06. The van der Waals surface area contributed by atoms with Crippen molar-refractivity contribution in [3.05, 3.63) is 16.5 Å². The van der Waals surface area contributed by atoms with Gasteiger partial charge < -0.3 is 10.2 Å². The van der Waals surface area contributed by atoms with Crippen molar-refractivity contribution < 1.29 is 0 Å². The maximum atomic E-state index is 4.58. The molecule has 0 aliphatic heterocycles. The van der Waals surface area contributed by atoms with E-state index in [-0.39, 0.29) is 5.41 Å². The van der Waals surface area contributed by atoms with Gasteiger partial charge >= 0.3 is 0 Å². The van der Waals surface area contributed by atoms with Crippen LogP contribution in [-0.4, -0.2) is 41.5 Å². The van der Waals surface area contributed by atoms with Crippen LogP contribution >= 0.6 is 15.9 Å². The van der Waals surface area contributed by atoms with Gasteiger partial charge in [-0.2, -0.15) is 0 Å². The molecule has 1 N–H and O–H groups in total. The summed E-state index contributed by atoms with van der Waals surface area (Å²) >= 11 is 3.44. The maximum Gasteiger partial charge on any atom is 0.137 e. The molecule has 1 aromatic rings. The van der Waals surface area contributed by atoms with Crippen molar-refractivity contribution in [2.24, 2.45) is 0 Å². The van der Waals surface area contributed by atoms with Crippen LogP contribution in [0.5, 0.6) is 0 Å². The van der Waals surface area contributed by atoms with Crippen molar-refractivity contribution in [2.45, 2.75) is 39.2 Å². The topological polar surface area (TPSA) is 41.0 Å². The molecule has 1 aromatic heterocycles. The van der Waals surface area contributed by atoms with Gasteiger partial charge in [-0.05, 0) is 36.9 Å². The van der Waals surface area contributed by atoms with Crippen LogP contribution in [0.1, 0.15) is 33.5 Å². The van der Waals surface area contributed by atoms with Gasteiger partial charge in [-0.3, -0.25) is 0 Å². The Hall–Kier alpha value is -0.680. The fraction of sp³-hybridized carbons (Fsp3) is 0.692. The quantitative estimate of drug-likeness (QED) is 0.868. The number of hydrogen-bond donors (Lipinski definition) is 1. The van der Waals surface area contributed by atoms with Gasteiger partial charge in [-0.1, -0.05) is 20.8 Å². The summed E-state index contributed by atoms with van der Waals surface area (Å²) in [6.07, 6.45) is 0. The van der Waals surface area contributed by atoms with E-state index in [2.05, 4.69) is 77.9 Å². The predicted molar refractivity (Wildman–Crippen MR) is 80.1 cm³/mol. The molecule has 0 saturated carbocycles. The van der Waals surface area contributed by atoms with Crippen LogP contribution in [0.25, 0.3) is 0 Å². The third kappa shape index (κ3) is 4.90. The largest absolute Gasteiger partial charge is 0.366 e. The molecule has 18 heavy (non-hydrogen) atoms. The molecule has 0 saturated heterocycles. The van der Waals surface area contributed by atoms with E-state index < -0.39 is 0 Å². The second-order valence-electron chi connectivity index (χ2n) is 5.96. The fourth-order valence-electron chi connectivity index (χ4n) is 1.67. The van der Waals surface area contributed by atoms with Gasteiger partial charge in [0.2, 0.25) is 0 Å². The first-order valence-electron chi connectivity index (χ1n) is 6.15. The van der Waals surface area contributed by atoms with Crippen LogP contribution in [-0.2, 0) is 5.41 Å². The summed E-state index contributed by atoms with van der Waals surface area (Å²) in [5.74, 6) is 1.72. The Kier molecular flexibility index (Phi) is 5.10. The molecular formula is C13H23BrN4. The van der Waals surface area contributed by atoms with Crippen LogP contribution in [0.4, 0.5) is 5.82 Å². The maximum absolute atomic E-state index is 4.58. The second-order valence-corrected chi connectivity index (χ2v) is 6.77. The molecule has 0 aromatic carbocycles. The molecule has 1 heterocycles. The Balaban J connectivity index is 2.87. The number of anilines is 1. The number of hydrogen-bond acceptors (Lipinski definition) is 4. The monoisotopic (exact) mass is 314 g/mol. The molecule has 5 heteroatoms. The van der Waals surface area contributed by atoms with Crippen LogP contribution in [0, 0.1) is 0 Å². The van der Waals surface area contributed by atoms with Crippen LogP contribution in [0.3, 0.4) is 0 Å². The van der Waals surface area contributed by atoms with E-state index in [1.807, 2.05) is 6.07 Å². The minimum absolute atomic E-state index is 0.0506. The molecular weight excluding hydrogens is 292 g/mol. The smallest absolute Gasteiger partial charge is 0.137 e. The Morgan fingerprint density at radius 2 is 1.94 bits per heavy atom. The highest BCUT2D eigenvalue weighted by Crippen LogP contribution is 2.22. The highest BCUT2D eigenvalue weighted by molar-refractivity contribution is 9.10. The second kappa shape index (κ2) is 5.97. The van der Waals surface area contributed by atoms with E-state index in [1.165, 1.54) is 0 Å². The van der Waals surface area contributed by atoms with Gasteiger partial charge in [-0.25, -0.2) is 9.97 Å². The zero-order chi connectivity index (χ0) is 13.9. The number of aromatic nitrogens is 2. The summed E-state index contributed by atoms with van der Waals surface area (Å²) in [4.78, 5) is 11.2. The van der Waals surface area contributed by atoms with E-state index in [1.54, 1.807) is 0 Å². The van der Waals surface area contributed by atoms with Crippen molar-refractivity contribution in [1.29, 1.82) is 0 Å². The normalized spacial score (nSPS) is 13.8. The third-order valence-electron chi connectivity index (χ3n) is 2.40. The average Bonchev–Trinajstić information content (AvgIpc) is 2.13. The number of nitrogens with one attached hydrogen (secondary N) is 1. The lowest BCUT2D eigenvalue weighted by Gasteiger charge is -2.21. The minimum atomic E-state index is -0.0506. The Morgan fingerprint density at radius 1 is 1.33 bits per heavy atom. The van der Waals surface area contributed by atoms with Gasteiger partial charge in [0, 0.05) is 24.1 Å². The standard InChI is InChI=1S/C13H23BrN4/c1-9(8-18(5)6)15-11-7-10(14)16-12(17-11)13(2,3)4/h7,9H,8H2,1-6H3,(H,15,16,17). The van der Waals surface area contributed by atoms with Gasteiger partial charge in [-0.15, -0.1) is 0 Å². The molecule has 1 unspecified atom stereocenters. The summed E-state index contributed by atoms with van der Waals surface area (Å²) in [5.41, 5.74) is -0.0506. The molecule has 0 spiro atoms. The summed E-state index contributed by atoms with van der Waals surface area (Å²) in [6, 6.07) is 2.26. The summed E-state index contributed by atoms with van der Waals surface area (Å²) in [5, 5.41) is 3.40. The van der Waals surface area contributed by atoms with Crippen molar-refractivity contribution in [3.8, 4) is 0 Å². The van der Waals surface area contributed by atoms with Crippen molar-refractivity contribution in [1.82, 2.24) is 14.9 Å². The van der Waals surface area contributed by atoms with Crippen LogP contribution < -0.4 is 5.32 Å². The first kappa shape index (κ1) is 15.4. The Bertz CT molecular complexity index is 398. The Labute approximate surface area is 118 Å². The molecule has 0 aliphatic rings. The molecule has 0 bridgehead atoms. The molecule has 0 aliphatic carbocycles. The predicted octanol–water partition coefficient (Wildman–Crippen LogP) is 2.90. The third-order valence-corrected chi connectivity index (χ3v) is 2.81. The van der Waals surface area contributed by atoms with Gasteiger partial charge in [0.15, 0.2) is 0 Å². The van der Waals surface area contributed by atoms with Crippen molar-refractivity contribution >= 4 is 21.7 Å². The lowest BCUT2D eigenvalue weighted by molar-refractivity contribution is 0.391. The molecule has 4 nitrogen and oxygen atoms in total. The molecule has 0 fully saturated rings. The summed E-state index contributed by atoms with van der Waals surface area (Å²) in [6.45, 7) is 9.45. The zero-order valence-corrected chi connectivity index (χ0v) is 13.7. The first-order chi connectivity index (χ1) is 8.18. The van der Waals surface area contributed by atoms with Crippen LogP contribution in [0.2, 0.25) is 0 Å². The number of halogens is 1. The average molecular weight is 315 g/mol. The van der Waals surface area contributed by atoms with E-state index >= 15 is 0 Å². The lowest BCUT2D eigenvalue weighted by atomic mass is 9.96. The highest BCUT2D eigenvalue weighted by Gasteiger charge is 2.19. The summed E-state index contributed by atoms with van der Waals surface area (Å²) in [7, 11) is 4.13. The minimum Gasteiger partial charge on any atom is -0.366 e.